The van der Waals surface area contributed by atoms with Crippen LogP contribution in [0, 0.1) is 0 Å². The summed E-state index contributed by atoms with van der Waals surface area (Å²) in [6.07, 6.45) is 0.224. The predicted molar refractivity (Wildman–Crippen MR) is 64.6 cm³/mol. The van der Waals surface area contributed by atoms with Gasteiger partial charge < -0.3 is 15.5 Å². The van der Waals surface area contributed by atoms with Gasteiger partial charge in [0.05, 0.1) is 12.5 Å². The Morgan fingerprint density at radius 1 is 1.62 bits per heavy atom. The molecule has 1 unspecified atom stereocenters. The Bertz CT molecular complexity index is 258. The first-order chi connectivity index (χ1) is 7.00. The number of piperazine rings is 1. The van der Waals surface area contributed by atoms with Crippen molar-refractivity contribution >= 4 is 24.2 Å². The molecule has 0 aromatic rings. The second-order valence-corrected chi connectivity index (χ2v) is 4.19. The lowest BCUT2D eigenvalue weighted by atomic mass is 10.1. The molecule has 1 atom stereocenters. The number of amides is 2. The summed E-state index contributed by atoms with van der Waals surface area (Å²) in [5.74, 6) is -0.0775. The SMILES string of the molecule is CC(C)NC(=O)CC1NCCN(C)C1=O.Cl. The second kappa shape index (κ2) is 6.70. The third-order valence-electron chi connectivity index (χ3n) is 2.35. The highest BCUT2D eigenvalue weighted by Crippen LogP contribution is 2.02. The third kappa shape index (κ3) is 4.37. The minimum Gasteiger partial charge on any atom is -0.354 e. The van der Waals surface area contributed by atoms with Gasteiger partial charge in [-0.05, 0) is 13.8 Å². The van der Waals surface area contributed by atoms with Gasteiger partial charge in [-0.2, -0.15) is 0 Å². The maximum atomic E-state index is 11.6. The van der Waals surface area contributed by atoms with Crippen LogP contribution >= 0.6 is 12.4 Å². The van der Waals surface area contributed by atoms with Gasteiger partial charge in [0.15, 0.2) is 0 Å². The van der Waals surface area contributed by atoms with E-state index in [1.54, 1.807) is 11.9 Å². The maximum Gasteiger partial charge on any atom is 0.240 e. The fourth-order valence-corrected chi connectivity index (χ4v) is 1.60. The molecule has 0 aromatic heterocycles. The zero-order valence-corrected chi connectivity index (χ0v) is 10.8. The molecule has 16 heavy (non-hydrogen) atoms. The summed E-state index contributed by atoms with van der Waals surface area (Å²) in [7, 11) is 1.76. The molecule has 0 aromatic carbocycles. The smallest absolute Gasteiger partial charge is 0.240 e. The van der Waals surface area contributed by atoms with Crippen molar-refractivity contribution in [1.29, 1.82) is 0 Å². The normalized spacial score (nSPS) is 20.6. The Morgan fingerprint density at radius 2 is 2.25 bits per heavy atom. The lowest BCUT2D eigenvalue weighted by Gasteiger charge is -2.30. The van der Waals surface area contributed by atoms with E-state index in [0.29, 0.717) is 6.54 Å². The highest BCUT2D eigenvalue weighted by molar-refractivity contribution is 5.88. The van der Waals surface area contributed by atoms with Gasteiger partial charge in [-0.25, -0.2) is 0 Å². The topological polar surface area (TPSA) is 61.4 Å². The molecule has 1 fully saturated rings. The summed E-state index contributed by atoms with van der Waals surface area (Å²) in [6, 6.07) is -0.239. The molecule has 0 bridgehead atoms. The molecule has 2 N–H and O–H groups in total. The number of nitrogens with one attached hydrogen (secondary N) is 2. The van der Waals surface area contributed by atoms with Gasteiger partial charge in [-0.1, -0.05) is 0 Å². The number of hydrogen-bond acceptors (Lipinski definition) is 3. The molecule has 0 spiro atoms. The molecule has 6 heteroatoms. The van der Waals surface area contributed by atoms with E-state index in [-0.39, 0.29) is 42.7 Å². The lowest BCUT2D eigenvalue weighted by molar-refractivity contribution is -0.137. The van der Waals surface area contributed by atoms with Gasteiger partial charge in [-0.3, -0.25) is 9.59 Å². The van der Waals surface area contributed by atoms with Crippen LogP contribution in [0.4, 0.5) is 0 Å². The molecule has 0 aliphatic carbocycles. The van der Waals surface area contributed by atoms with Gasteiger partial charge in [0.1, 0.15) is 0 Å². The molecule has 2 amide bonds. The number of carbonyl (C=O) groups excluding carboxylic acids is 2. The number of halogens is 1. The van der Waals surface area contributed by atoms with Crippen molar-refractivity contribution in [2.45, 2.75) is 32.4 Å². The highest BCUT2D eigenvalue weighted by atomic mass is 35.5. The molecule has 94 valence electrons. The number of nitrogens with zero attached hydrogens (tertiary/aromatic N) is 1. The second-order valence-electron chi connectivity index (χ2n) is 4.19. The molecule has 1 saturated heterocycles. The minimum absolute atomic E-state index is 0. The minimum atomic E-state index is -0.359. The molecule has 0 saturated carbocycles. The summed E-state index contributed by atoms with van der Waals surface area (Å²) < 4.78 is 0. The van der Waals surface area contributed by atoms with Crippen LogP contribution < -0.4 is 10.6 Å². The van der Waals surface area contributed by atoms with Crippen molar-refractivity contribution < 1.29 is 9.59 Å². The van der Waals surface area contributed by atoms with Crippen LogP contribution in [-0.4, -0.2) is 48.9 Å². The van der Waals surface area contributed by atoms with Gasteiger partial charge in [0.25, 0.3) is 0 Å². The molecule has 5 nitrogen and oxygen atoms in total. The number of carbonyl (C=O) groups is 2. The van der Waals surface area contributed by atoms with Gasteiger partial charge in [0.2, 0.25) is 11.8 Å². The van der Waals surface area contributed by atoms with Crippen LogP contribution in [0.2, 0.25) is 0 Å². The van der Waals surface area contributed by atoms with E-state index in [1.807, 2.05) is 13.8 Å². The maximum absolute atomic E-state index is 11.6. The quantitative estimate of drug-likeness (QED) is 0.726. The van der Waals surface area contributed by atoms with E-state index in [4.69, 9.17) is 0 Å². The van der Waals surface area contributed by atoms with Crippen LogP contribution in [-0.2, 0) is 9.59 Å². The van der Waals surface area contributed by atoms with Crippen LogP contribution in [0.3, 0.4) is 0 Å². The van der Waals surface area contributed by atoms with E-state index < -0.39 is 0 Å². The van der Waals surface area contributed by atoms with Gasteiger partial charge in [-0.15, -0.1) is 12.4 Å². The lowest BCUT2D eigenvalue weighted by Crippen LogP contribution is -2.55. The summed E-state index contributed by atoms with van der Waals surface area (Å²) in [5.41, 5.74) is 0. The average molecular weight is 250 g/mol. The average Bonchev–Trinajstić information content (AvgIpc) is 2.11. The van der Waals surface area contributed by atoms with Gasteiger partial charge >= 0.3 is 0 Å². The van der Waals surface area contributed by atoms with E-state index in [1.165, 1.54) is 0 Å². The number of likely N-dealkylation sites (N-methyl/N-ethyl adjacent to an activating group) is 1. The van der Waals surface area contributed by atoms with Crippen molar-refractivity contribution in [1.82, 2.24) is 15.5 Å². The Labute approximate surface area is 102 Å². The van der Waals surface area contributed by atoms with Crippen LogP contribution in [0.1, 0.15) is 20.3 Å². The largest absolute Gasteiger partial charge is 0.354 e. The van der Waals surface area contributed by atoms with Crippen molar-refractivity contribution in [3.63, 3.8) is 0 Å². The predicted octanol–water partition coefficient (Wildman–Crippen LogP) is -0.247. The molecule has 1 aliphatic rings. The Hall–Kier alpha value is -0.810. The fourth-order valence-electron chi connectivity index (χ4n) is 1.60. The molecule has 0 radical (unpaired) electrons. The van der Waals surface area contributed by atoms with Gasteiger partial charge in [0, 0.05) is 26.2 Å². The van der Waals surface area contributed by atoms with Crippen LogP contribution in [0.25, 0.3) is 0 Å². The molecule has 1 heterocycles. The number of rotatable bonds is 3. The van der Waals surface area contributed by atoms with E-state index in [0.717, 1.165) is 6.54 Å². The van der Waals surface area contributed by atoms with Crippen molar-refractivity contribution in [2.24, 2.45) is 0 Å². The fraction of sp³-hybridized carbons (Fsp3) is 0.800. The zero-order valence-electron chi connectivity index (χ0n) is 9.95. The standard InChI is InChI=1S/C10H19N3O2.ClH/c1-7(2)12-9(14)6-8-10(15)13(3)5-4-11-8;/h7-8,11H,4-6H2,1-3H3,(H,12,14);1H. The summed E-state index contributed by atoms with van der Waals surface area (Å²) in [6.45, 7) is 5.27. The summed E-state index contributed by atoms with van der Waals surface area (Å²) in [4.78, 5) is 24.7. The zero-order chi connectivity index (χ0) is 11.4. The van der Waals surface area contributed by atoms with Crippen molar-refractivity contribution in [3.05, 3.63) is 0 Å². The highest BCUT2D eigenvalue weighted by Gasteiger charge is 2.27. The monoisotopic (exact) mass is 249 g/mol. The summed E-state index contributed by atoms with van der Waals surface area (Å²) in [5, 5.41) is 5.83. The Balaban J connectivity index is 0.00000225. The van der Waals surface area contributed by atoms with Crippen LogP contribution in [0.5, 0.6) is 0 Å². The van der Waals surface area contributed by atoms with Crippen molar-refractivity contribution in [3.8, 4) is 0 Å². The first kappa shape index (κ1) is 15.2. The van der Waals surface area contributed by atoms with E-state index in [9.17, 15) is 9.59 Å². The molecular weight excluding hydrogens is 230 g/mol. The van der Waals surface area contributed by atoms with Crippen molar-refractivity contribution in [2.75, 3.05) is 20.1 Å². The molecule has 1 aliphatic heterocycles. The van der Waals surface area contributed by atoms with Crippen LogP contribution in [0.15, 0.2) is 0 Å². The van der Waals surface area contributed by atoms with E-state index >= 15 is 0 Å². The Kier molecular flexibility index (Phi) is 6.36. The molecule has 1 rings (SSSR count). The first-order valence-electron chi connectivity index (χ1n) is 5.28. The molecular formula is C10H20ClN3O2. The summed E-state index contributed by atoms with van der Waals surface area (Å²) >= 11 is 0. The Morgan fingerprint density at radius 3 is 2.81 bits per heavy atom. The first-order valence-corrected chi connectivity index (χ1v) is 5.28. The van der Waals surface area contributed by atoms with E-state index in [2.05, 4.69) is 10.6 Å². The third-order valence-corrected chi connectivity index (χ3v) is 2.35. The number of hydrogen-bond donors (Lipinski definition) is 2.